The summed E-state index contributed by atoms with van der Waals surface area (Å²) in [5, 5.41) is 4.65. The van der Waals surface area contributed by atoms with Crippen LogP contribution in [0.3, 0.4) is 0 Å². The molecular formula is C67H45N5. The molecule has 2 heterocycles. The molecule has 0 saturated carbocycles. The van der Waals surface area contributed by atoms with Crippen LogP contribution in [0.5, 0.6) is 0 Å². The third-order valence-corrected chi connectivity index (χ3v) is 13.7. The van der Waals surface area contributed by atoms with Crippen LogP contribution in [0, 0.1) is 0 Å². The van der Waals surface area contributed by atoms with E-state index in [1.165, 1.54) is 21.9 Å². The summed E-state index contributed by atoms with van der Waals surface area (Å²) in [6.07, 6.45) is 0. The number of rotatable bonds is 10. The molecule has 0 unspecified atom stereocenters. The molecular weight excluding hydrogens is 875 g/mol. The summed E-state index contributed by atoms with van der Waals surface area (Å²) >= 11 is 0. The van der Waals surface area contributed by atoms with Crippen LogP contribution in [0.25, 0.3) is 106 Å². The Morgan fingerprint density at radius 3 is 1.18 bits per heavy atom. The highest BCUT2D eigenvalue weighted by Gasteiger charge is 2.22. The summed E-state index contributed by atoms with van der Waals surface area (Å²) in [4.78, 5) is 18.3. The zero-order chi connectivity index (χ0) is 47.8. The standard InChI is InChI=1S/C67H45N5/c1-5-15-46(16-6-1)50-25-28-54(29-26-50)66-68-65(53-22-11-4-12-23-53)69-67(70-66)72-63-44-57(48-19-9-3-10-20-48)35-41-61(63)62-42-40-60(45-64(62)72)71(58-36-31-51(32-37-58)47-17-7-2-8-18-47)59-38-33-52(34-39-59)56-30-27-49-21-13-14-24-55(49)43-56/h1-45H. The van der Waals surface area contributed by atoms with Crippen LogP contribution < -0.4 is 4.90 Å². The first kappa shape index (κ1) is 42.4. The molecule has 11 aromatic carbocycles. The Morgan fingerprint density at radius 2 is 0.611 bits per heavy atom. The lowest BCUT2D eigenvalue weighted by Crippen LogP contribution is -2.10. The van der Waals surface area contributed by atoms with Gasteiger partial charge in [0.2, 0.25) is 5.95 Å². The summed E-state index contributed by atoms with van der Waals surface area (Å²) in [5.41, 5.74) is 16.0. The molecule has 5 heteroatoms. The van der Waals surface area contributed by atoms with Crippen LogP contribution in [0.1, 0.15) is 0 Å². The third kappa shape index (κ3) is 8.05. The van der Waals surface area contributed by atoms with Crippen molar-refractivity contribution in [3.8, 4) is 73.2 Å². The quantitative estimate of drug-likeness (QED) is 0.137. The van der Waals surface area contributed by atoms with Gasteiger partial charge in [-0.2, -0.15) is 9.97 Å². The van der Waals surface area contributed by atoms with E-state index < -0.39 is 0 Å². The van der Waals surface area contributed by atoms with Gasteiger partial charge in [-0.1, -0.05) is 224 Å². The monoisotopic (exact) mass is 919 g/mol. The smallest absolute Gasteiger partial charge is 0.238 e. The van der Waals surface area contributed by atoms with E-state index >= 15 is 0 Å². The molecule has 2 aromatic heterocycles. The number of benzene rings is 11. The van der Waals surface area contributed by atoms with Crippen molar-refractivity contribution in [3.63, 3.8) is 0 Å². The van der Waals surface area contributed by atoms with Crippen molar-refractivity contribution in [1.82, 2.24) is 19.5 Å². The summed E-state index contributed by atoms with van der Waals surface area (Å²) < 4.78 is 2.23. The van der Waals surface area contributed by atoms with E-state index in [1.54, 1.807) is 0 Å². The molecule has 0 spiro atoms. The van der Waals surface area contributed by atoms with E-state index in [0.717, 1.165) is 83.4 Å². The molecule has 0 amide bonds. The maximum absolute atomic E-state index is 5.39. The molecule has 13 aromatic rings. The molecule has 5 nitrogen and oxygen atoms in total. The normalized spacial score (nSPS) is 11.3. The van der Waals surface area contributed by atoms with Gasteiger partial charge in [0.1, 0.15) is 0 Å². The van der Waals surface area contributed by atoms with Gasteiger partial charge in [-0.25, -0.2) is 4.98 Å². The maximum atomic E-state index is 5.39. The average Bonchev–Trinajstić information content (AvgIpc) is 3.79. The molecule has 0 N–H and O–H groups in total. The molecule has 0 saturated heterocycles. The number of nitrogens with zero attached hydrogens (tertiary/aromatic N) is 5. The molecule has 0 aliphatic rings. The first-order chi connectivity index (χ1) is 35.7. The minimum Gasteiger partial charge on any atom is -0.310 e. The predicted octanol–water partition coefficient (Wildman–Crippen LogP) is 17.6. The van der Waals surface area contributed by atoms with E-state index in [9.17, 15) is 0 Å². The summed E-state index contributed by atoms with van der Waals surface area (Å²) in [6, 6.07) is 96.8. The zero-order valence-electron chi connectivity index (χ0n) is 39.2. The molecule has 0 aliphatic heterocycles. The van der Waals surface area contributed by atoms with E-state index in [-0.39, 0.29) is 0 Å². The molecule has 72 heavy (non-hydrogen) atoms. The van der Waals surface area contributed by atoms with Gasteiger partial charge in [0.05, 0.1) is 11.0 Å². The van der Waals surface area contributed by atoms with Gasteiger partial charge in [0.15, 0.2) is 11.6 Å². The molecule has 0 bridgehead atoms. The van der Waals surface area contributed by atoms with Crippen LogP contribution >= 0.6 is 0 Å². The topological polar surface area (TPSA) is 46.8 Å². The summed E-state index contributed by atoms with van der Waals surface area (Å²) in [7, 11) is 0. The van der Waals surface area contributed by atoms with Gasteiger partial charge < -0.3 is 4.90 Å². The van der Waals surface area contributed by atoms with Gasteiger partial charge in [-0.3, -0.25) is 4.57 Å². The second kappa shape index (κ2) is 18.3. The molecule has 0 atom stereocenters. The fraction of sp³-hybridized carbons (Fsp3) is 0. The van der Waals surface area contributed by atoms with Crippen LogP contribution in [-0.2, 0) is 0 Å². The molecule has 0 fully saturated rings. The van der Waals surface area contributed by atoms with Gasteiger partial charge >= 0.3 is 0 Å². The second-order valence-electron chi connectivity index (χ2n) is 18.1. The fourth-order valence-corrected chi connectivity index (χ4v) is 9.98. The number of aromatic nitrogens is 4. The van der Waals surface area contributed by atoms with Gasteiger partial charge in [0.25, 0.3) is 0 Å². The third-order valence-electron chi connectivity index (χ3n) is 13.7. The number of hydrogen-bond donors (Lipinski definition) is 0. The lowest BCUT2D eigenvalue weighted by Gasteiger charge is -2.26. The van der Waals surface area contributed by atoms with Crippen molar-refractivity contribution in [3.05, 3.63) is 273 Å². The van der Waals surface area contributed by atoms with Crippen LogP contribution in [0.2, 0.25) is 0 Å². The van der Waals surface area contributed by atoms with Crippen molar-refractivity contribution in [2.45, 2.75) is 0 Å². The fourth-order valence-electron chi connectivity index (χ4n) is 9.98. The Hall–Kier alpha value is -9.71. The predicted molar refractivity (Wildman–Crippen MR) is 299 cm³/mol. The Bertz CT molecular complexity index is 4040. The largest absolute Gasteiger partial charge is 0.310 e. The first-order valence-corrected chi connectivity index (χ1v) is 24.3. The Morgan fingerprint density at radius 1 is 0.250 bits per heavy atom. The van der Waals surface area contributed by atoms with Gasteiger partial charge in [-0.15, -0.1) is 0 Å². The number of anilines is 3. The maximum Gasteiger partial charge on any atom is 0.238 e. The molecule has 13 rings (SSSR count). The van der Waals surface area contributed by atoms with Gasteiger partial charge in [-0.05, 0) is 104 Å². The molecule has 0 aliphatic carbocycles. The van der Waals surface area contributed by atoms with Crippen LogP contribution in [0.4, 0.5) is 17.1 Å². The lowest BCUT2D eigenvalue weighted by molar-refractivity contribution is 0.953. The van der Waals surface area contributed by atoms with Crippen molar-refractivity contribution >= 4 is 49.6 Å². The van der Waals surface area contributed by atoms with Crippen molar-refractivity contribution in [1.29, 1.82) is 0 Å². The SMILES string of the molecule is c1ccc(-c2ccc(-c3nc(-c4ccccc4)nc(-n4c5cc(-c6ccccc6)ccc5c5ccc(N(c6ccc(-c7ccccc7)cc6)c6ccc(-c7ccc8ccccc8c7)cc6)cc54)n3)cc2)cc1. The minimum absolute atomic E-state index is 0.534. The minimum atomic E-state index is 0.534. The average molecular weight is 920 g/mol. The van der Waals surface area contributed by atoms with E-state index in [1.807, 2.05) is 24.3 Å². The Labute approximate surface area is 418 Å². The zero-order valence-corrected chi connectivity index (χ0v) is 39.2. The van der Waals surface area contributed by atoms with Crippen molar-refractivity contribution in [2.24, 2.45) is 0 Å². The number of fused-ring (bicyclic) bond motifs is 4. The van der Waals surface area contributed by atoms with Crippen molar-refractivity contribution in [2.75, 3.05) is 4.90 Å². The molecule has 338 valence electrons. The Kier molecular flexibility index (Phi) is 10.8. The second-order valence-corrected chi connectivity index (χ2v) is 18.1. The van der Waals surface area contributed by atoms with Crippen LogP contribution in [0.15, 0.2) is 273 Å². The van der Waals surface area contributed by atoms with E-state index in [2.05, 4.69) is 258 Å². The van der Waals surface area contributed by atoms with Crippen molar-refractivity contribution < 1.29 is 0 Å². The van der Waals surface area contributed by atoms with Gasteiger partial charge in [0, 0.05) is 39.0 Å². The molecule has 0 radical (unpaired) electrons. The highest BCUT2D eigenvalue weighted by Crippen LogP contribution is 2.42. The van der Waals surface area contributed by atoms with E-state index in [4.69, 9.17) is 15.0 Å². The van der Waals surface area contributed by atoms with E-state index in [0.29, 0.717) is 17.6 Å². The summed E-state index contributed by atoms with van der Waals surface area (Å²) in [5.74, 6) is 1.72. The summed E-state index contributed by atoms with van der Waals surface area (Å²) in [6.45, 7) is 0. The number of hydrogen-bond acceptors (Lipinski definition) is 4. The highest BCUT2D eigenvalue weighted by molar-refractivity contribution is 6.11. The highest BCUT2D eigenvalue weighted by atomic mass is 15.2. The first-order valence-electron chi connectivity index (χ1n) is 24.3. The Balaban J connectivity index is 1.01. The lowest BCUT2D eigenvalue weighted by atomic mass is 10.0. The van der Waals surface area contributed by atoms with Crippen LogP contribution in [-0.4, -0.2) is 19.5 Å².